The Kier molecular flexibility index (Phi) is 2.58. The van der Waals surface area contributed by atoms with Gasteiger partial charge in [-0.1, -0.05) is 46.4 Å². The number of hydrogen-bond acceptors (Lipinski definition) is 1. The second-order valence-electron chi connectivity index (χ2n) is 4.38. The van der Waals surface area contributed by atoms with Crippen molar-refractivity contribution in [3.05, 3.63) is 10.1 Å². The lowest BCUT2D eigenvalue weighted by atomic mass is 9.85. The van der Waals surface area contributed by atoms with Crippen LogP contribution in [0.25, 0.3) is 0 Å². The molecule has 90 valence electrons. The first kappa shape index (κ1) is 12.5. The van der Waals surface area contributed by atoms with Crippen molar-refractivity contribution >= 4 is 69.6 Å². The molecule has 3 aliphatic rings. The Morgan fingerprint density at radius 1 is 0.875 bits per heavy atom. The van der Waals surface area contributed by atoms with Crippen molar-refractivity contribution in [2.45, 2.75) is 14.1 Å². The minimum Gasteiger partial charge on any atom is -0.381 e. The van der Waals surface area contributed by atoms with Crippen LogP contribution in [-0.4, -0.2) is 27.3 Å². The molecule has 2 fully saturated rings. The van der Waals surface area contributed by atoms with E-state index >= 15 is 0 Å². The summed E-state index contributed by atoms with van der Waals surface area (Å²) in [5.74, 6) is -0.201. The molecular weight excluding hydrogens is 337 g/mol. The van der Waals surface area contributed by atoms with Crippen LogP contribution >= 0.6 is 69.6 Å². The molecule has 0 radical (unpaired) electrons. The van der Waals surface area contributed by atoms with Crippen molar-refractivity contribution in [1.82, 2.24) is 0 Å². The van der Waals surface area contributed by atoms with Crippen LogP contribution < -0.4 is 0 Å². The van der Waals surface area contributed by atoms with Gasteiger partial charge in [0.25, 0.3) is 0 Å². The fraction of sp³-hybridized carbons (Fsp3) is 0.778. The van der Waals surface area contributed by atoms with Gasteiger partial charge in [-0.05, 0) is 0 Å². The third-order valence-corrected chi connectivity index (χ3v) is 8.20. The van der Waals surface area contributed by atoms with Gasteiger partial charge in [-0.3, -0.25) is 0 Å². The Bertz CT molecular complexity index is 373. The summed E-state index contributed by atoms with van der Waals surface area (Å²) in [7, 11) is 0. The number of allylic oxidation sites excluding steroid dienone is 2. The van der Waals surface area contributed by atoms with E-state index in [2.05, 4.69) is 0 Å². The monoisotopic (exact) mass is 340 g/mol. The number of halogens is 6. The highest BCUT2D eigenvalue weighted by Gasteiger charge is 2.83. The minimum atomic E-state index is -1.41. The van der Waals surface area contributed by atoms with E-state index in [0.29, 0.717) is 13.2 Å². The largest absolute Gasteiger partial charge is 0.381 e. The van der Waals surface area contributed by atoms with Crippen molar-refractivity contribution in [2.75, 3.05) is 13.2 Å². The number of rotatable bonds is 0. The molecule has 2 unspecified atom stereocenters. The second-order valence-corrected chi connectivity index (χ2v) is 7.65. The van der Waals surface area contributed by atoms with Crippen LogP contribution in [-0.2, 0) is 4.74 Å². The maximum Gasteiger partial charge on any atom is 0.167 e. The van der Waals surface area contributed by atoms with Crippen LogP contribution in [0, 0.1) is 11.8 Å². The Morgan fingerprint density at radius 3 is 1.62 bits per heavy atom. The van der Waals surface area contributed by atoms with Crippen LogP contribution in [0.15, 0.2) is 10.1 Å². The average molecular weight is 343 g/mol. The lowest BCUT2D eigenvalue weighted by molar-refractivity contribution is 0.167. The molecule has 0 aromatic rings. The molecule has 0 aromatic heterocycles. The zero-order valence-corrected chi connectivity index (χ0v) is 12.3. The third kappa shape index (κ3) is 0.976. The van der Waals surface area contributed by atoms with Crippen LogP contribution in [0.3, 0.4) is 0 Å². The van der Waals surface area contributed by atoms with E-state index in [-0.39, 0.29) is 21.9 Å². The molecule has 0 N–H and O–H groups in total. The maximum absolute atomic E-state index is 6.52. The molecule has 16 heavy (non-hydrogen) atoms. The second kappa shape index (κ2) is 3.30. The lowest BCUT2D eigenvalue weighted by Crippen LogP contribution is -2.46. The average Bonchev–Trinajstić information content (AvgIpc) is 2.78. The fourth-order valence-corrected chi connectivity index (χ4v) is 6.05. The third-order valence-electron chi connectivity index (χ3n) is 3.85. The standard InChI is InChI=1S/C9H6Cl6O/c10-5-6(11)8(13)4-2-16-1-3(4)7(5,12)9(8,14)15/h3-4H,1-2H2/t3-,4+,7?,8?. The van der Waals surface area contributed by atoms with Gasteiger partial charge in [-0.25, -0.2) is 0 Å². The molecule has 0 amide bonds. The summed E-state index contributed by atoms with van der Waals surface area (Å²) in [4.78, 5) is -2.28. The zero-order valence-electron chi connectivity index (χ0n) is 7.74. The summed E-state index contributed by atoms with van der Waals surface area (Å²) >= 11 is 38.0. The number of ether oxygens (including phenoxy) is 1. The topological polar surface area (TPSA) is 9.23 Å². The van der Waals surface area contributed by atoms with Gasteiger partial charge in [0.2, 0.25) is 0 Å². The van der Waals surface area contributed by atoms with Crippen LogP contribution in [0.2, 0.25) is 0 Å². The van der Waals surface area contributed by atoms with Gasteiger partial charge in [0.05, 0.1) is 23.3 Å². The lowest BCUT2D eigenvalue weighted by Gasteiger charge is -2.33. The van der Waals surface area contributed by atoms with E-state index < -0.39 is 14.1 Å². The fourth-order valence-electron chi connectivity index (χ4n) is 2.99. The molecule has 4 atom stereocenters. The van der Waals surface area contributed by atoms with Gasteiger partial charge in [-0.2, -0.15) is 0 Å². The van der Waals surface area contributed by atoms with Crippen LogP contribution in [0.5, 0.6) is 0 Å². The molecule has 2 bridgehead atoms. The SMILES string of the molecule is ClC1=C(Cl)C2(Cl)[C@H]3COC[C@H]3C1(Cl)C2(Cl)Cl. The van der Waals surface area contributed by atoms with Gasteiger partial charge < -0.3 is 4.74 Å². The van der Waals surface area contributed by atoms with E-state index in [1.54, 1.807) is 0 Å². The van der Waals surface area contributed by atoms with Crippen LogP contribution in [0.4, 0.5) is 0 Å². The number of fused-ring (bicyclic) bond motifs is 5. The number of alkyl halides is 4. The Balaban J connectivity index is 2.29. The molecule has 2 aliphatic carbocycles. The van der Waals surface area contributed by atoms with E-state index in [9.17, 15) is 0 Å². The first-order valence-electron chi connectivity index (χ1n) is 4.69. The van der Waals surface area contributed by atoms with Gasteiger partial charge in [0, 0.05) is 11.8 Å². The quantitative estimate of drug-likeness (QED) is 0.602. The minimum absolute atomic E-state index is 0.100. The molecule has 7 heteroatoms. The Labute approximate surface area is 123 Å². The highest BCUT2D eigenvalue weighted by molar-refractivity contribution is 6.65. The van der Waals surface area contributed by atoms with Gasteiger partial charge in [0.15, 0.2) is 4.33 Å². The predicted octanol–water partition coefficient (Wildman–Crippen LogP) is 4.09. The van der Waals surface area contributed by atoms with E-state index in [4.69, 9.17) is 74.3 Å². The summed E-state index contributed by atoms with van der Waals surface area (Å²) < 4.78 is 3.98. The normalized spacial score (nSPS) is 53.6. The van der Waals surface area contributed by atoms with Crippen LogP contribution in [0.1, 0.15) is 0 Å². The Morgan fingerprint density at radius 2 is 1.25 bits per heavy atom. The molecule has 1 saturated heterocycles. The summed E-state index contributed by atoms with van der Waals surface area (Å²) in [6.07, 6.45) is 0. The van der Waals surface area contributed by atoms with E-state index in [0.717, 1.165) is 0 Å². The first-order valence-corrected chi connectivity index (χ1v) is 6.96. The molecular formula is C9H6Cl6O. The van der Waals surface area contributed by atoms with Crippen molar-refractivity contribution in [1.29, 1.82) is 0 Å². The van der Waals surface area contributed by atoms with Crippen molar-refractivity contribution < 1.29 is 4.74 Å². The Hall–Kier alpha value is 1.44. The molecule has 1 nitrogen and oxygen atoms in total. The molecule has 1 saturated carbocycles. The first-order chi connectivity index (χ1) is 7.29. The van der Waals surface area contributed by atoms with Gasteiger partial charge in [0.1, 0.15) is 9.75 Å². The van der Waals surface area contributed by atoms with Gasteiger partial charge >= 0.3 is 0 Å². The van der Waals surface area contributed by atoms with Crippen molar-refractivity contribution in [2.24, 2.45) is 11.8 Å². The highest BCUT2D eigenvalue weighted by Crippen LogP contribution is 2.77. The predicted molar refractivity (Wildman–Crippen MR) is 68.1 cm³/mol. The molecule has 0 aromatic carbocycles. The molecule has 1 heterocycles. The van der Waals surface area contributed by atoms with Crippen molar-refractivity contribution in [3.63, 3.8) is 0 Å². The highest BCUT2D eigenvalue weighted by atomic mass is 35.5. The molecule has 1 aliphatic heterocycles. The summed E-state index contributed by atoms with van der Waals surface area (Å²) in [6.45, 7) is 0.897. The smallest absolute Gasteiger partial charge is 0.167 e. The van der Waals surface area contributed by atoms with Gasteiger partial charge in [-0.15, -0.1) is 23.2 Å². The van der Waals surface area contributed by atoms with E-state index in [1.807, 2.05) is 0 Å². The van der Waals surface area contributed by atoms with E-state index in [1.165, 1.54) is 0 Å². The number of hydrogen-bond donors (Lipinski definition) is 0. The summed E-state index contributed by atoms with van der Waals surface area (Å²) in [6, 6.07) is 0. The zero-order chi connectivity index (χ0) is 11.9. The maximum atomic E-state index is 6.52. The molecule has 3 rings (SSSR count). The van der Waals surface area contributed by atoms with Crippen molar-refractivity contribution in [3.8, 4) is 0 Å². The molecule has 0 spiro atoms. The summed E-state index contributed by atoms with van der Waals surface area (Å²) in [5, 5.41) is 0.505. The summed E-state index contributed by atoms with van der Waals surface area (Å²) in [5.41, 5.74) is 0.